The van der Waals surface area contributed by atoms with E-state index in [1.165, 1.54) is 6.08 Å². The zero-order valence-corrected chi connectivity index (χ0v) is 14.5. The summed E-state index contributed by atoms with van der Waals surface area (Å²) in [5.41, 5.74) is -0.104. The highest BCUT2D eigenvalue weighted by Gasteiger charge is 2.36. The highest BCUT2D eigenvalue weighted by atomic mass is 35.5. The number of rotatable bonds is 0. The summed E-state index contributed by atoms with van der Waals surface area (Å²) in [6.45, 7) is 1.80. The first-order valence-electron chi connectivity index (χ1n) is 8.18. The number of hydrogen-bond acceptors (Lipinski definition) is 5. The third kappa shape index (κ3) is 3.87. The van der Waals surface area contributed by atoms with Gasteiger partial charge in [-0.15, -0.1) is 0 Å². The van der Waals surface area contributed by atoms with Gasteiger partial charge in [0, 0.05) is 18.1 Å². The SMILES string of the molecule is C[C@@H]1C[C@H]2C[C@@H]2/C=C/C=C\C(=O)Cc2c(Cl)c(O)cc(O)c2C(=O)O1. The lowest BCUT2D eigenvalue weighted by Gasteiger charge is -2.17. The molecular weight excluding hydrogens is 344 g/mol. The first-order valence-corrected chi connectivity index (χ1v) is 8.56. The van der Waals surface area contributed by atoms with Crippen LogP contribution in [-0.4, -0.2) is 28.1 Å². The summed E-state index contributed by atoms with van der Waals surface area (Å²) < 4.78 is 5.44. The molecule has 6 heteroatoms. The van der Waals surface area contributed by atoms with Gasteiger partial charge in [0.05, 0.1) is 11.1 Å². The Balaban J connectivity index is 2.01. The number of allylic oxidation sites excluding steroid dienone is 4. The van der Waals surface area contributed by atoms with Crippen LogP contribution in [0.2, 0.25) is 5.02 Å². The quantitative estimate of drug-likeness (QED) is 0.689. The van der Waals surface area contributed by atoms with Crippen molar-refractivity contribution in [2.24, 2.45) is 11.8 Å². The molecule has 0 amide bonds. The Hall–Kier alpha value is -2.27. The molecule has 1 aromatic carbocycles. The Bertz CT molecular complexity index is 781. The predicted octanol–water partition coefficient (Wildman–Crippen LogP) is 3.56. The van der Waals surface area contributed by atoms with Crippen LogP contribution in [0, 0.1) is 11.8 Å². The molecule has 1 aliphatic heterocycles. The number of aromatic hydroxyl groups is 2. The Labute approximate surface area is 150 Å². The number of carbonyl (C=O) groups excluding carboxylic acids is 2. The lowest BCUT2D eigenvalue weighted by Crippen LogP contribution is -2.18. The van der Waals surface area contributed by atoms with E-state index < -0.39 is 17.5 Å². The fraction of sp³-hybridized carbons (Fsp3) is 0.368. The normalized spacial score (nSPS) is 29.0. The maximum Gasteiger partial charge on any atom is 0.342 e. The number of phenolic OH excluding ortho intramolecular Hbond substituents is 2. The average Bonchev–Trinajstić information content (AvgIpc) is 3.25. The van der Waals surface area contributed by atoms with E-state index in [9.17, 15) is 19.8 Å². The third-order valence-electron chi connectivity index (χ3n) is 4.55. The number of carbonyl (C=O) groups is 2. The van der Waals surface area contributed by atoms with Crippen molar-refractivity contribution in [3.63, 3.8) is 0 Å². The van der Waals surface area contributed by atoms with Crippen molar-refractivity contribution in [1.29, 1.82) is 0 Å². The molecule has 5 nitrogen and oxygen atoms in total. The van der Waals surface area contributed by atoms with E-state index in [-0.39, 0.29) is 34.5 Å². The first-order chi connectivity index (χ1) is 11.9. The molecule has 2 N–H and O–H groups in total. The molecule has 2 aliphatic rings. The van der Waals surface area contributed by atoms with E-state index in [0.717, 1.165) is 18.9 Å². The van der Waals surface area contributed by atoms with Gasteiger partial charge in [-0.2, -0.15) is 0 Å². The predicted molar refractivity (Wildman–Crippen MR) is 92.9 cm³/mol. The van der Waals surface area contributed by atoms with Gasteiger partial charge in [0.15, 0.2) is 5.78 Å². The number of phenols is 2. The fourth-order valence-corrected chi connectivity index (χ4v) is 3.39. The number of halogens is 1. The Morgan fingerprint density at radius 1 is 1.16 bits per heavy atom. The van der Waals surface area contributed by atoms with Crippen molar-refractivity contribution in [2.75, 3.05) is 0 Å². The minimum absolute atomic E-state index is 0.0661. The smallest absolute Gasteiger partial charge is 0.342 e. The summed E-state index contributed by atoms with van der Waals surface area (Å²) >= 11 is 6.07. The van der Waals surface area contributed by atoms with Gasteiger partial charge in [0.1, 0.15) is 17.1 Å². The average molecular weight is 363 g/mol. The molecule has 0 aromatic heterocycles. The van der Waals surface area contributed by atoms with Crippen LogP contribution in [-0.2, 0) is 16.0 Å². The highest BCUT2D eigenvalue weighted by Crippen LogP contribution is 2.44. The molecule has 0 radical (unpaired) electrons. The van der Waals surface area contributed by atoms with Gasteiger partial charge in [-0.05, 0) is 37.7 Å². The van der Waals surface area contributed by atoms with Gasteiger partial charge in [-0.25, -0.2) is 4.79 Å². The van der Waals surface area contributed by atoms with Crippen LogP contribution < -0.4 is 0 Å². The molecule has 1 saturated carbocycles. The van der Waals surface area contributed by atoms with Crippen LogP contribution in [0.3, 0.4) is 0 Å². The summed E-state index contributed by atoms with van der Waals surface area (Å²) in [5, 5.41) is 19.8. The van der Waals surface area contributed by atoms with Crippen molar-refractivity contribution < 1.29 is 24.5 Å². The number of fused-ring (bicyclic) bond motifs is 2. The number of esters is 1. The van der Waals surface area contributed by atoms with Crippen molar-refractivity contribution in [2.45, 2.75) is 32.3 Å². The fourth-order valence-electron chi connectivity index (χ4n) is 3.17. The third-order valence-corrected chi connectivity index (χ3v) is 4.97. The lowest BCUT2D eigenvalue weighted by atomic mass is 10.00. The molecule has 132 valence electrons. The Kier molecular flexibility index (Phi) is 4.86. The lowest BCUT2D eigenvalue weighted by molar-refractivity contribution is -0.114. The van der Waals surface area contributed by atoms with Crippen molar-refractivity contribution in [1.82, 2.24) is 0 Å². The zero-order valence-electron chi connectivity index (χ0n) is 13.7. The van der Waals surface area contributed by atoms with Crippen molar-refractivity contribution in [3.8, 4) is 11.5 Å². The molecule has 0 unspecified atom stereocenters. The minimum atomic E-state index is -0.747. The van der Waals surface area contributed by atoms with Gasteiger partial charge in [0.25, 0.3) is 0 Å². The van der Waals surface area contributed by atoms with E-state index in [4.69, 9.17) is 16.3 Å². The summed E-state index contributed by atoms with van der Waals surface area (Å²) in [5.74, 6) is -1.01. The summed E-state index contributed by atoms with van der Waals surface area (Å²) in [4.78, 5) is 24.7. The molecule has 1 aromatic rings. The summed E-state index contributed by atoms with van der Waals surface area (Å²) in [6, 6.07) is 0.982. The van der Waals surface area contributed by atoms with E-state index in [0.29, 0.717) is 11.8 Å². The Morgan fingerprint density at radius 3 is 2.68 bits per heavy atom. The molecule has 1 aliphatic carbocycles. The zero-order chi connectivity index (χ0) is 18.1. The van der Waals surface area contributed by atoms with Gasteiger partial charge >= 0.3 is 5.97 Å². The monoisotopic (exact) mass is 362 g/mol. The number of cyclic esters (lactones) is 1. The van der Waals surface area contributed by atoms with Crippen LogP contribution in [0.15, 0.2) is 30.4 Å². The van der Waals surface area contributed by atoms with Crippen LogP contribution in [0.25, 0.3) is 0 Å². The number of ketones is 1. The van der Waals surface area contributed by atoms with Crippen LogP contribution in [0.4, 0.5) is 0 Å². The first kappa shape index (κ1) is 17.5. The summed E-state index contributed by atoms with van der Waals surface area (Å²) in [6.07, 6.45) is 8.13. The molecule has 0 bridgehead atoms. The summed E-state index contributed by atoms with van der Waals surface area (Å²) in [7, 11) is 0. The highest BCUT2D eigenvalue weighted by molar-refractivity contribution is 6.33. The second-order valence-electron chi connectivity index (χ2n) is 6.58. The molecule has 1 heterocycles. The van der Waals surface area contributed by atoms with E-state index in [1.807, 2.05) is 12.2 Å². The number of benzene rings is 1. The van der Waals surface area contributed by atoms with Crippen molar-refractivity contribution >= 4 is 23.4 Å². The minimum Gasteiger partial charge on any atom is -0.507 e. The van der Waals surface area contributed by atoms with Crippen LogP contribution >= 0.6 is 11.6 Å². The molecule has 25 heavy (non-hydrogen) atoms. The van der Waals surface area contributed by atoms with E-state index in [1.54, 1.807) is 13.0 Å². The van der Waals surface area contributed by atoms with Gasteiger partial charge in [-0.3, -0.25) is 4.79 Å². The van der Waals surface area contributed by atoms with Crippen LogP contribution in [0.1, 0.15) is 35.7 Å². The molecule has 0 spiro atoms. The topological polar surface area (TPSA) is 83.8 Å². The largest absolute Gasteiger partial charge is 0.507 e. The second-order valence-corrected chi connectivity index (χ2v) is 6.96. The van der Waals surface area contributed by atoms with Crippen LogP contribution in [0.5, 0.6) is 11.5 Å². The van der Waals surface area contributed by atoms with Gasteiger partial charge < -0.3 is 14.9 Å². The molecule has 3 atom stereocenters. The number of ether oxygens (including phenoxy) is 1. The molecule has 3 rings (SSSR count). The number of hydrogen-bond donors (Lipinski definition) is 2. The molecular formula is C19H19ClO5. The molecule has 1 fully saturated rings. The van der Waals surface area contributed by atoms with Gasteiger partial charge in [-0.1, -0.05) is 29.8 Å². The van der Waals surface area contributed by atoms with E-state index >= 15 is 0 Å². The van der Waals surface area contributed by atoms with Gasteiger partial charge in [0.2, 0.25) is 0 Å². The second kappa shape index (κ2) is 6.92. The van der Waals surface area contributed by atoms with Crippen molar-refractivity contribution in [3.05, 3.63) is 46.5 Å². The maximum atomic E-state index is 12.5. The Morgan fingerprint density at radius 2 is 1.92 bits per heavy atom. The van der Waals surface area contributed by atoms with E-state index in [2.05, 4.69) is 0 Å². The standard InChI is InChI=1S/C19H19ClO5/c1-10-6-12-7-11(12)4-2-3-5-13(21)8-14-17(19(24)25-10)15(22)9-16(23)18(14)20/h2-5,9-12,22-23H,6-8H2,1H3/b4-2+,5-3-/t10-,11+,12+/m1/s1. The maximum absolute atomic E-state index is 12.5. The molecule has 0 saturated heterocycles.